The second-order valence-corrected chi connectivity index (χ2v) is 5.86. The number of aryl methyl sites for hydroxylation is 1. The van der Waals surface area contributed by atoms with Gasteiger partial charge in [-0.3, -0.25) is 4.90 Å². The summed E-state index contributed by atoms with van der Waals surface area (Å²) in [4.78, 5) is 6.76. The third kappa shape index (κ3) is 3.14. The Kier molecular flexibility index (Phi) is 4.03. The van der Waals surface area contributed by atoms with Crippen molar-refractivity contribution in [3.8, 4) is 11.5 Å². The first-order valence-electron chi connectivity index (χ1n) is 7.42. The summed E-state index contributed by atoms with van der Waals surface area (Å²) in [6, 6.07) is 8.00. The number of aromatic nitrogens is 2. The highest BCUT2D eigenvalue weighted by Gasteiger charge is 2.27. The molecule has 21 heavy (non-hydrogen) atoms. The third-order valence-corrected chi connectivity index (χ3v) is 4.20. The maximum absolute atomic E-state index is 9.64. The number of aliphatic hydroxyl groups is 1. The van der Waals surface area contributed by atoms with Gasteiger partial charge in [-0.15, -0.1) is 0 Å². The van der Waals surface area contributed by atoms with E-state index in [4.69, 9.17) is 4.52 Å². The summed E-state index contributed by atoms with van der Waals surface area (Å²) in [5.74, 6) is 1.64. The third-order valence-electron chi connectivity index (χ3n) is 4.20. The number of benzene rings is 1. The van der Waals surface area contributed by atoms with E-state index >= 15 is 0 Å². The highest BCUT2D eigenvalue weighted by atomic mass is 16.5. The van der Waals surface area contributed by atoms with E-state index in [0.717, 1.165) is 30.6 Å². The van der Waals surface area contributed by atoms with Crippen molar-refractivity contribution >= 4 is 0 Å². The molecule has 1 saturated heterocycles. The first-order valence-corrected chi connectivity index (χ1v) is 7.42. The molecule has 1 aliphatic heterocycles. The smallest absolute Gasteiger partial charge is 0.258 e. The van der Waals surface area contributed by atoms with Gasteiger partial charge in [-0.2, -0.15) is 4.98 Å². The molecule has 0 amide bonds. The lowest BCUT2D eigenvalue weighted by atomic mass is 10.0. The zero-order chi connectivity index (χ0) is 14.8. The molecule has 2 aromatic rings. The summed E-state index contributed by atoms with van der Waals surface area (Å²) in [5, 5.41) is 13.7. The fourth-order valence-corrected chi connectivity index (χ4v) is 2.84. The van der Waals surface area contributed by atoms with Gasteiger partial charge in [0.15, 0.2) is 5.82 Å². The van der Waals surface area contributed by atoms with Gasteiger partial charge in [0.2, 0.25) is 0 Å². The molecule has 112 valence electrons. The molecule has 0 aliphatic carbocycles. The molecule has 0 radical (unpaired) electrons. The molecule has 5 nitrogen and oxygen atoms in total. The number of hydrogen-bond donors (Lipinski definition) is 1. The van der Waals surface area contributed by atoms with Gasteiger partial charge in [-0.05, 0) is 44.4 Å². The lowest BCUT2D eigenvalue weighted by molar-refractivity contribution is 0.127. The number of rotatable bonds is 4. The summed E-state index contributed by atoms with van der Waals surface area (Å²) in [5.41, 5.74) is 2.11. The van der Waals surface area contributed by atoms with Gasteiger partial charge in [-0.1, -0.05) is 23.4 Å². The number of nitrogens with zero attached hydrogens (tertiary/aromatic N) is 3. The molecule has 1 fully saturated rings. The fraction of sp³-hybridized carbons (Fsp3) is 0.500. The van der Waals surface area contributed by atoms with Crippen molar-refractivity contribution < 1.29 is 9.63 Å². The predicted octanol–water partition coefficient (Wildman–Crippen LogP) is 2.25. The van der Waals surface area contributed by atoms with E-state index in [9.17, 15) is 5.11 Å². The Labute approximate surface area is 124 Å². The Hall–Kier alpha value is -1.72. The summed E-state index contributed by atoms with van der Waals surface area (Å²) >= 11 is 0. The van der Waals surface area contributed by atoms with Crippen LogP contribution in [0.1, 0.15) is 24.7 Å². The van der Waals surface area contributed by atoms with Crippen LogP contribution >= 0.6 is 0 Å². The summed E-state index contributed by atoms with van der Waals surface area (Å²) < 4.78 is 5.38. The van der Waals surface area contributed by atoms with Crippen molar-refractivity contribution in [1.29, 1.82) is 0 Å². The summed E-state index contributed by atoms with van der Waals surface area (Å²) in [7, 11) is 0. The van der Waals surface area contributed by atoms with Gasteiger partial charge < -0.3 is 9.63 Å². The highest BCUT2D eigenvalue weighted by molar-refractivity contribution is 5.57. The number of hydrogen-bond acceptors (Lipinski definition) is 5. The molecular formula is C16H21N3O2. The van der Waals surface area contributed by atoms with Gasteiger partial charge in [0.1, 0.15) is 0 Å². The van der Waals surface area contributed by atoms with Crippen molar-refractivity contribution in [3.05, 3.63) is 35.7 Å². The quantitative estimate of drug-likeness (QED) is 0.934. The fourth-order valence-electron chi connectivity index (χ4n) is 2.84. The summed E-state index contributed by atoms with van der Waals surface area (Å²) in [6.07, 6.45) is 0.781. The summed E-state index contributed by atoms with van der Waals surface area (Å²) in [6.45, 7) is 6.44. The molecule has 0 saturated carbocycles. The van der Waals surface area contributed by atoms with Crippen LogP contribution in [0, 0.1) is 12.8 Å². The SMILES string of the molecule is Cc1ccccc1-c1nc(CN2CCC(C(C)O)C2)no1. The lowest BCUT2D eigenvalue weighted by Gasteiger charge is -2.15. The lowest BCUT2D eigenvalue weighted by Crippen LogP contribution is -2.24. The number of aliphatic hydroxyl groups excluding tert-OH is 1. The molecule has 5 heteroatoms. The molecule has 2 unspecified atom stereocenters. The molecule has 2 atom stereocenters. The largest absolute Gasteiger partial charge is 0.393 e. The minimum atomic E-state index is -0.247. The minimum absolute atomic E-state index is 0.247. The Morgan fingerprint density at radius 1 is 1.43 bits per heavy atom. The maximum atomic E-state index is 9.64. The molecule has 2 heterocycles. The molecule has 1 aromatic carbocycles. The minimum Gasteiger partial charge on any atom is -0.393 e. The zero-order valence-corrected chi connectivity index (χ0v) is 12.5. The van der Waals surface area contributed by atoms with Crippen LogP contribution in [0.3, 0.4) is 0 Å². The van der Waals surface area contributed by atoms with Crippen LogP contribution in [-0.4, -0.2) is 39.3 Å². The number of likely N-dealkylation sites (tertiary alicyclic amines) is 1. The second-order valence-electron chi connectivity index (χ2n) is 5.86. The van der Waals surface area contributed by atoms with E-state index in [-0.39, 0.29) is 6.10 Å². The average Bonchev–Trinajstić information content (AvgIpc) is 3.09. The highest BCUT2D eigenvalue weighted by Crippen LogP contribution is 2.23. The predicted molar refractivity (Wildman–Crippen MR) is 79.5 cm³/mol. The molecule has 1 N–H and O–H groups in total. The standard InChI is InChI=1S/C16H21N3O2/c1-11-5-3-4-6-14(11)16-17-15(18-21-16)10-19-8-7-13(9-19)12(2)20/h3-6,12-13,20H,7-10H2,1-2H3. The van der Waals surface area contributed by atoms with Crippen molar-refractivity contribution in [2.75, 3.05) is 13.1 Å². The molecule has 1 aliphatic rings. The molecular weight excluding hydrogens is 266 g/mol. The van der Waals surface area contributed by atoms with Gasteiger partial charge in [-0.25, -0.2) is 0 Å². The molecule has 1 aromatic heterocycles. The van der Waals surface area contributed by atoms with E-state index < -0.39 is 0 Å². The monoisotopic (exact) mass is 287 g/mol. The Morgan fingerprint density at radius 2 is 2.24 bits per heavy atom. The van der Waals surface area contributed by atoms with Crippen LogP contribution in [0.25, 0.3) is 11.5 Å². The van der Waals surface area contributed by atoms with Crippen molar-refractivity contribution in [1.82, 2.24) is 15.0 Å². The van der Waals surface area contributed by atoms with Crippen LogP contribution in [0.5, 0.6) is 0 Å². The second kappa shape index (κ2) is 5.95. The van der Waals surface area contributed by atoms with Crippen LogP contribution < -0.4 is 0 Å². The van der Waals surface area contributed by atoms with Gasteiger partial charge in [0, 0.05) is 12.1 Å². The first-order chi connectivity index (χ1) is 10.1. The van der Waals surface area contributed by atoms with E-state index in [2.05, 4.69) is 15.0 Å². The molecule has 0 spiro atoms. The Balaban J connectivity index is 1.68. The average molecular weight is 287 g/mol. The van der Waals surface area contributed by atoms with Crippen LogP contribution in [-0.2, 0) is 6.54 Å². The maximum Gasteiger partial charge on any atom is 0.258 e. The van der Waals surface area contributed by atoms with Crippen LogP contribution in [0.2, 0.25) is 0 Å². The van der Waals surface area contributed by atoms with Crippen molar-refractivity contribution in [2.45, 2.75) is 32.9 Å². The Bertz CT molecular complexity index is 609. The first kappa shape index (κ1) is 14.2. The van der Waals surface area contributed by atoms with Gasteiger partial charge >= 0.3 is 0 Å². The Morgan fingerprint density at radius 3 is 2.95 bits per heavy atom. The van der Waals surface area contributed by atoms with Gasteiger partial charge in [0.05, 0.1) is 12.6 Å². The van der Waals surface area contributed by atoms with Crippen molar-refractivity contribution in [3.63, 3.8) is 0 Å². The van der Waals surface area contributed by atoms with Crippen LogP contribution in [0.4, 0.5) is 0 Å². The van der Waals surface area contributed by atoms with Gasteiger partial charge in [0.25, 0.3) is 5.89 Å². The van der Waals surface area contributed by atoms with E-state index in [1.54, 1.807) is 0 Å². The molecule has 0 bridgehead atoms. The van der Waals surface area contributed by atoms with E-state index in [0.29, 0.717) is 24.2 Å². The van der Waals surface area contributed by atoms with E-state index in [1.165, 1.54) is 0 Å². The van der Waals surface area contributed by atoms with E-state index in [1.807, 2.05) is 38.1 Å². The van der Waals surface area contributed by atoms with Crippen LogP contribution in [0.15, 0.2) is 28.8 Å². The molecule has 3 rings (SSSR count). The van der Waals surface area contributed by atoms with Crippen molar-refractivity contribution in [2.24, 2.45) is 5.92 Å². The topological polar surface area (TPSA) is 62.4 Å². The normalized spacial score (nSPS) is 20.8. The zero-order valence-electron chi connectivity index (χ0n) is 12.5.